The van der Waals surface area contributed by atoms with Crippen LogP contribution in [0.15, 0.2) is 24.3 Å². The smallest absolute Gasteiger partial charge is 0.224 e. The van der Waals surface area contributed by atoms with E-state index in [4.69, 9.17) is 0 Å². The number of nitrogens with zero attached hydrogens (tertiary/aromatic N) is 3. The van der Waals surface area contributed by atoms with E-state index in [1.807, 2.05) is 0 Å². The first kappa shape index (κ1) is 13.1. The maximum absolute atomic E-state index is 4.39. The van der Waals surface area contributed by atoms with Crippen molar-refractivity contribution in [1.82, 2.24) is 20.1 Å². The molecule has 0 aliphatic carbocycles. The molecule has 0 bridgehead atoms. The molecule has 20 heavy (non-hydrogen) atoms. The highest BCUT2D eigenvalue weighted by Gasteiger charge is 2.24. The van der Waals surface area contributed by atoms with Crippen molar-refractivity contribution in [2.45, 2.75) is 39.4 Å². The molecule has 1 unspecified atom stereocenters. The van der Waals surface area contributed by atoms with Crippen molar-refractivity contribution >= 4 is 5.95 Å². The van der Waals surface area contributed by atoms with Crippen LogP contribution >= 0.6 is 0 Å². The number of hydrogen-bond acceptors (Lipinski definition) is 4. The molecule has 5 heteroatoms. The van der Waals surface area contributed by atoms with Crippen LogP contribution in [-0.2, 0) is 19.5 Å². The van der Waals surface area contributed by atoms with Gasteiger partial charge in [0.05, 0.1) is 6.04 Å². The van der Waals surface area contributed by atoms with Crippen LogP contribution in [0.25, 0.3) is 0 Å². The molecule has 1 aliphatic heterocycles. The zero-order valence-corrected chi connectivity index (χ0v) is 12.1. The van der Waals surface area contributed by atoms with E-state index in [-0.39, 0.29) is 6.04 Å². The van der Waals surface area contributed by atoms with Crippen LogP contribution in [0, 0.1) is 0 Å². The minimum absolute atomic E-state index is 0.241. The summed E-state index contributed by atoms with van der Waals surface area (Å²) in [6.45, 7) is 6.84. The zero-order valence-electron chi connectivity index (χ0n) is 12.1. The highest BCUT2D eigenvalue weighted by atomic mass is 15.4. The van der Waals surface area contributed by atoms with Gasteiger partial charge in [0.2, 0.25) is 5.95 Å². The van der Waals surface area contributed by atoms with E-state index in [1.54, 1.807) is 0 Å². The molecular weight excluding hydrogens is 250 g/mol. The molecule has 3 rings (SSSR count). The molecule has 2 N–H and O–H groups in total. The van der Waals surface area contributed by atoms with E-state index in [1.165, 1.54) is 11.1 Å². The molecular formula is C15H21N5. The summed E-state index contributed by atoms with van der Waals surface area (Å²) in [6.07, 6.45) is 0.973. The third kappa shape index (κ3) is 2.29. The minimum atomic E-state index is 0.241. The van der Waals surface area contributed by atoms with Crippen LogP contribution in [0.1, 0.15) is 36.8 Å². The fraction of sp³-hybridized carbons (Fsp3) is 0.467. The molecule has 106 valence electrons. The fourth-order valence-corrected chi connectivity index (χ4v) is 2.81. The van der Waals surface area contributed by atoms with Gasteiger partial charge in [0, 0.05) is 19.6 Å². The lowest BCUT2D eigenvalue weighted by molar-refractivity contribution is 0.457. The minimum Gasteiger partial charge on any atom is -0.355 e. The van der Waals surface area contributed by atoms with E-state index >= 15 is 0 Å². The normalized spacial score (nSPS) is 17.8. The Balaban J connectivity index is 1.88. The Morgan fingerprint density at radius 1 is 1.25 bits per heavy atom. The summed E-state index contributed by atoms with van der Waals surface area (Å²) in [6, 6.07) is 8.84. The summed E-state index contributed by atoms with van der Waals surface area (Å²) in [4.78, 5) is 0. The average Bonchev–Trinajstić information content (AvgIpc) is 2.90. The summed E-state index contributed by atoms with van der Waals surface area (Å²) < 4.78 is 2.16. The average molecular weight is 271 g/mol. The number of benzene rings is 1. The molecule has 0 amide bonds. The van der Waals surface area contributed by atoms with Gasteiger partial charge in [0.15, 0.2) is 5.82 Å². The largest absolute Gasteiger partial charge is 0.355 e. The van der Waals surface area contributed by atoms with Crippen LogP contribution in [0.5, 0.6) is 0 Å². The maximum atomic E-state index is 4.39. The molecule has 1 aliphatic rings. The summed E-state index contributed by atoms with van der Waals surface area (Å²) in [5.41, 5.74) is 2.80. The van der Waals surface area contributed by atoms with Crippen molar-refractivity contribution in [3.63, 3.8) is 0 Å². The van der Waals surface area contributed by atoms with Crippen molar-refractivity contribution in [3.05, 3.63) is 41.2 Å². The monoisotopic (exact) mass is 271 g/mol. The SMILES string of the molecule is CCNc1nnc(C2Cc3ccccc3CN2)n1CC. The summed E-state index contributed by atoms with van der Waals surface area (Å²) >= 11 is 0. The number of fused-ring (bicyclic) bond motifs is 1. The maximum Gasteiger partial charge on any atom is 0.224 e. The summed E-state index contributed by atoms with van der Waals surface area (Å²) in [5, 5.41) is 15.5. The molecule has 1 aromatic carbocycles. The van der Waals surface area contributed by atoms with Crippen molar-refractivity contribution in [2.24, 2.45) is 0 Å². The molecule has 0 fully saturated rings. The molecule has 0 spiro atoms. The van der Waals surface area contributed by atoms with Crippen molar-refractivity contribution in [2.75, 3.05) is 11.9 Å². The third-order valence-electron chi connectivity index (χ3n) is 3.82. The first-order chi connectivity index (χ1) is 9.83. The highest BCUT2D eigenvalue weighted by Crippen LogP contribution is 2.26. The van der Waals surface area contributed by atoms with E-state index in [0.717, 1.165) is 37.8 Å². The van der Waals surface area contributed by atoms with E-state index in [2.05, 4.69) is 63.5 Å². The zero-order chi connectivity index (χ0) is 13.9. The second kappa shape index (κ2) is 5.63. The summed E-state index contributed by atoms with van der Waals surface area (Å²) in [7, 11) is 0. The van der Waals surface area contributed by atoms with E-state index in [0.29, 0.717) is 0 Å². The van der Waals surface area contributed by atoms with Crippen LogP contribution < -0.4 is 10.6 Å². The Bertz CT molecular complexity index is 590. The number of aromatic nitrogens is 3. The number of hydrogen-bond donors (Lipinski definition) is 2. The first-order valence-corrected chi connectivity index (χ1v) is 7.30. The second-order valence-electron chi connectivity index (χ2n) is 5.06. The lowest BCUT2D eigenvalue weighted by Crippen LogP contribution is -2.30. The van der Waals surface area contributed by atoms with Gasteiger partial charge in [-0.3, -0.25) is 4.57 Å². The molecule has 2 aromatic rings. The van der Waals surface area contributed by atoms with Gasteiger partial charge in [-0.2, -0.15) is 0 Å². The third-order valence-corrected chi connectivity index (χ3v) is 3.82. The Kier molecular flexibility index (Phi) is 3.69. The lowest BCUT2D eigenvalue weighted by Gasteiger charge is -2.25. The predicted molar refractivity (Wildman–Crippen MR) is 79.6 cm³/mol. The van der Waals surface area contributed by atoms with Gasteiger partial charge in [0.25, 0.3) is 0 Å². The number of rotatable bonds is 4. The predicted octanol–water partition coefficient (Wildman–Crippen LogP) is 2.12. The van der Waals surface area contributed by atoms with Gasteiger partial charge in [-0.1, -0.05) is 24.3 Å². The Morgan fingerprint density at radius 2 is 2.05 bits per heavy atom. The molecule has 0 saturated heterocycles. The van der Waals surface area contributed by atoms with Gasteiger partial charge >= 0.3 is 0 Å². The molecule has 0 saturated carbocycles. The van der Waals surface area contributed by atoms with E-state index in [9.17, 15) is 0 Å². The van der Waals surface area contributed by atoms with Crippen LogP contribution in [0.2, 0.25) is 0 Å². The molecule has 1 aromatic heterocycles. The molecule has 5 nitrogen and oxygen atoms in total. The van der Waals surface area contributed by atoms with E-state index < -0.39 is 0 Å². The highest BCUT2D eigenvalue weighted by molar-refractivity contribution is 5.32. The van der Waals surface area contributed by atoms with Gasteiger partial charge < -0.3 is 10.6 Å². The second-order valence-corrected chi connectivity index (χ2v) is 5.06. The Morgan fingerprint density at radius 3 is 2.80 bits per heavy atom. The van der Waals surface area contributed by atoms with Gasteiger partial charge in [-0.15, -0.1) is 10.2 Å². The van der Waals surface area contributed by atoms with Gasteiger partial charge in [-0.05, 0) is 31.4 Å². The van der Waals surface area contributed by atoms with Crippen LogP contribution in [0.3, 0.4) is 0 Å². The Hall–Kier alpha value is -1.88. The first-order valence-electron chi connectivity index (χ1n) is 7.30. The van der Waals surface area contributed by atoms with Gasteiger partial charge in [0.1, 0.15) is 0 Å². The van der Waals surface area contributed by atoms with Crippen LogP contribution in [-0.4, -0.2) is 21.3 Å². The quantitative estimate of drug-likeness (QED) is 0.894. The van der Waals surface area contributed by atoms with Crippen molar-refractivity contribution < 1.29 is 0 Å². The molecule has 0 radical (unpaired) electrons. The lowest BCUT2D eigenvalue weighted by atomic mass is 9.95. The molecule has 2 heterocycles. The number of nitrogens with one attached hydrogen (secondary N) is 2. The fourth-order valence-electron chi connectivity index (χ4n) is 2.81. The topological polar surface area (TPSA) is 54.8 Å². The van der Waals surface area contributed by atoms with Crippen molar-refractivity contribution in [1.29, 1.82) is 0 Å². The standard InChI is InChI=1S/C15H21N5/c1-3-16-15-19-18-14(20(15)4-2)13-9-11-7-5-6-8-12(11)10-17-13/h5-8,13,17H,3-4,9-10H2,1-2H3,(H,16,19). The van der Waals surface area contributed by atoms with Crippen molar-refractivity contribution in [3.8, 4) is 0 Å². The molecule has 1 atom stereocenters. The van der Waals surface area contributed by atoms with Gasteiger partial charge in [-0.25, -0.2) is 0 Å². The summed E-state index contributed by atoms with van der Waals surface area (Å²) in [5.74, 6) is 1.89. The van der Waals surface area contributed by atoms with Crippen LogP contribution in [0.4, 0.5) is 5.95 Å². The number of anilines is 1. The Labute approximate surface area is 119 Å².